The van der Waals surface area contributed by atoms with Crippen LogP contribution < -0.4 is 10.6 Å². The predicted octanol–water partition coefficient (Wildman–Crippen LogP) is 2.32. The average Bonchev–Trinajstić information content (AvgIpc) is 3.29. The van der Waals surface area contributed by atoms with Gasteiger partial charge in [-0.3, -0.25) is 9.48 Å². The van der Waals surface area contributed by atoms with Crippen LogP contribution >= 0.6 is 11.3 Å². The lowest BCUT2D eigenvalue weighted by atomic mass is 9.97. The SMILES string of the molecule is O=C(Cn1ccc(C2CCCNC2)n1)NCCc1nc2ccccc2s1. The highest BCUT2D eigenvalue weighted by atomic mass is 32.1. The second-order valence-electron chi connectivity index (χ2n) is 6.66. The van der Waals surface area contributed by atoms with Crippen molar-refractivity contribution in [1.29, 1.82) is 0 Å². The number of aromatic nitrogens is 3. The molecule has 0 saturated carbocycles. The molecule has 0 spiro atoms. The summed E-state index contributed by atoms with van der Waals surface area (Å²) in [7, 11) is 0. The van der Waals surface area contributed by atoms with E-state index in [0.717, 1.165) is 35.7 Å². The Labute approximate surface area is 156 Å². The predicted molar refractivity (Wildman–Crippen MR) is 103 cm³/mol. The van der Waals surface area contributed by atoms with Crippen LogP contribution in [0.3, 0.4) is 0 Å². The van der Waals surface area contributed by atoms with Gasteiger partial charge in [0.15, 0.2) is 0 Å². The topological polar surface area (TPSA) is 71.8 Å². The smallest absolute Gasteiger partial charge is 0.241 e. The van der Waals surface area contributed by atoms with E-state index in [1.165, 1.54) is 17.5 Å². The number of carbonyl (C=O) groups excluding carboxylic acids is 1. The molecule has 4 rings (SSSR count). The summed E-state index contributed by atoms with van der Waals surface area (Å²) in [4.78, 5) is 16.8. The molecule has 1 aliphatic rings. The van der Waals surface area contributed by atoms with Crippen molar-refractivity contribution in [1.82, 2.24) is 25.4 Å². The van der Waals surface area contributed by atoms with Crippen molar-refractivity contribution in [2.45, 2.75) is 31.7 Å². The number of benzene rings is 1. The highest BCUT2D eigenvalue weighted by Crippen LogP contribution is 2.22. The number of para-hydroxylation sites is 1. The molecule has 136 valence electrons. The molecule has 1 aromatic carbocycles. The number of carbonyl (C=O) groups is 1. The maximum absolute atomic E-state index is 12.2. The van der Waals surface area contributed by atoms with Gasteiger partial charge in [-0.15, -0.1) is 11.3 Å². The van der Waals surface area contributed by atoms with Crippen molar-refractivity contribution in [2.75, 3.05) is 19.6 Å². The Morgan fingerprint density at radius 1 is 1.35 bits per heavy atom. The minimum atomic E-state index is -0.0115. The number of nitrogens with zero attached hydrogens (tertiary/aromatic N) is 3. The summed E-state index contributed by atoms with van der Waals surface area (Å²) in [5, 5.41) is 12.0. The zero-order valence-electron chi connectivity index (χ0n) is 14.6. The fourth-order valence-electron chi connectivity index (χ4n) is 3.33. The zero-order valence-corrected chi connectivity index (χ0v) is 15.5. The lowest BCUT2D eigenvalue weighted by molar-refractivity contribution is -0.121. The van der Waals surface area contributed by atoms with Crippen molar-refractivity contribution in [2.24, 2.45) is 0 Å². The molecular formula is C19H23N5OS. The molecule has 6 nitrogen and oxygen atoms in total. The number of fused-ring (bicyclic) bond motifs is 1. The third kappa shape index (κ3) is 4.11. The third-order valence-electron chi connectivity index (χ3n) is 4.68. The normalized spacial score (nSPS) is 17.5. The standard InChI is InChI=1S/C19H23N5OS/c25-18(13-24-11-8-15(23-24)14-4-3-9-20-12-14)21-10-7-19-22-16-5-1-2-6-17(16)26-19/h1-2,5-6,8,11,14,20H,3-4,7,9-10,12-13H2,(H,21,25). The second-order valence-corrected chi connectivity index (χ2v) is 7.77. The fraction of sp³-hybridized carbons (Fsp3) is 0.421. The molecule has 1 fully saturated rings. The van der Waals surface area contributed by atoms with E-state index in [0.29, 0.717) is 12.5 Å². The quantitative estimate of drug-likeness (QED) is 0.699. The van der Waals surface area contributed by atoms with Crippen LogP contribution in [-0.4, -0.2) is 40.3 Å². The summed E-state index contributed by atoms with van der Waals surface area (Å²) >= 11 is 1.69. The Morgan fingerprint density at radius 2 is 2.27 bits per heavy atom. The minimum Gasteiger partial charge on any atom is -0.354 e. The van der Waals surface area contributed by atoms with E-state index in [4.69, 9.17) is 0 Å². The zero-order chi connectivity index (χ0) is 17.8. The molecule has 7 heteroatoms. The minimum absolute atomic E-state index is 0.0115. The van der Waals surface area contributed by atoms with E-state index < -0.39 is 0 Å². The maximum atomic E-state index is 12.2. The summed E-state index contributed by atoms with van der Waals surface area (Å²) in [5.41, 5.74) is 2.11. The van der Waals surface area contributed by atoms with Crippen molar-refractivity contribution in [3.63, 3.8) is 0 Å². The highest BCUT2D eigenvalue weighted by molar-refractivity contribution is 7.18. The van der Waals surface area contributed by atoms with Gasteiger partial charge in [0.05, 0.1) is 20.9 Å². The van der Waals surface area contributed by atoms with Gasteiger partial charge in [-0.25, -0.2) is 4.98 Å². The highest BCUT2D eigenvalue weighted by Gasteiger charge is 2.17. The van der Waals surface area contributed by atoms with Gasteiger partial charge in [0.1, 0.15) is 6.54 Å². The van der Waals surface area contributed by atoms with Crippen LogP contribution in [0.1, 0.15) is 29.5 Å². The summed E-state index contributed by atoms with van der Waals surface area (Å²) in [5.74, 6) is 0.453. The molecule has 1 unspecified atom stereocenters. The van der Waals surface area contributed by atoms with Crippen molar-refractivity contribution < 1.29 is 4.79 Å². The second kappa shape index (κ2) is 7.97. The number of nitrogens with one attached hydrogen (secondary N) is 2. The molecular weight excluding hydrogens is 346 g/mol. The number of hydrogen-bond donors (Lipinski definition) is 2. The number of piperidine rings is 1. The van der Waals surface area contributed by atoms with Crippen LogP contribution in [0.4, 0.5) is 0 Å². The van der Waals surface area contributed by atoms with E-state index in [9.17, 15) is 4.79 Å². The summed E-state index contributed by atoms with van der Waals surface area (Å²) in [6.07, 6.45) is 5.00. The first-order chi connectivity index (χ1) is 12.8. The van der Waals surface area contributed by atoms with Crippen LogP contribution in [0.25, 0.3) is 10.2 Å². The van der Waals surface area contributed by atoms with E-state index in [1.807, 2.05) is 30.5 Å². The molecule has 2 aromatic heterocycles. The molecule has 1 amide bonds. The van der Waals surface area contributed by atoms with Gasteiger partial charge in [0.25, 0.3) is 0 Å². The maximum Gasteiger partial charge on any atom is 0.241 e. The lowest BCUT2D eigenvalue weighted by Crippen LogP contribution is -2.30. The van der Waals surface area contributed by atoms with Gasteiger partial charge in [-0.05, 0) is 37.6 Å². The summed E-state index contributed by atoms with van der Waals surface area (Å²) < 4.78 is 2.92. The number of rotatable bonds is 6. The van der Waals surface area contributed by atoms with Crippen molar-refractivity contribution in [3.8, 4) is 0 Å². The first-order valence-electron chi connectivity index (χ1n) is 9.13. The molecule has 1 aliphatic heterocycles. The molecule has 3 heterocycles. The largest absolute Gasteiger partial charge is 0.354 e. The molecule has 1 saturated heterocycles. The van der Waals surface area contributed by atoms with Crippen LogP contribution in [0.5, 0.6) is 0 Å². The van der Waals surface area contributed by atoms with Gasteiger partial charge in [0, 0.05) is 31.6 Å². The van der Waals surface area contributed by atoms with E-state index in [-0.39, 0.29) is 12.5 Å². The van der Waals surface area contributed by atoms with Gasteiger partial charge >= 0.3 is 0 Å². The van der Waals surface area contributed by atoms with E-state index >= 15 is 0 Å². The molecule has 0 aliphatic carbocycles. The van der Waals surface area contributed by atoms with Crippen LogP contribution in [-0.2, 0) is 17.8 Å². The number of thiazole rings is 1. The monoisotopic (exact) mass is 369 g/mol. The number of hydrogen-bond acceptors (Lipinski definition) is 5. The molecule has 3 aromatic rings. The molecule has 0 bridgehead atoms. The van der Waals surface area contributed by atoms with Crippen molar-refractivity contribution in [3.05, 3.63) is 47.2 Å². The molecule has 1 atom stereocenters. The fourth-order valence-corrected chi connectivity index (χ4v) is 4.29. The molecule has 2 N–H and O–H groups in total. The van der Waals surface area contributed by atoms with E-state index in [2.05, 4.69) is 26.8 Å². The van der Waals surface area contributed by atoms with Crippen LogP contribution in [0.2, 0.25) is 0 Å². The Hall–Kier alpha value is -2.25. The Bertz CT molecular complexity index is 848. The Morgan fingerprint density at radius 3 is 3.12 bits per heavy atom. The van der Waals surface area contributed by atoms with Gasteiger partial charge in [-0.2, -0.15) is 5.10 Å². The van der Waals surface area contributed by atoms with Gasteiger partial charge in [0.2, 0.25) is 5.91 Å². The Kier molecular flexibility index (Phi) is 5.26. The van der Waals surface area contributed by atoms with Crippen LogP contribution in [0.15, 0.2) is 36.5 Å². The first kappa shape index (κ1) is 17.2. The van der Waals surface area contributed by atoms with Crippen molar-refractivity contribution >= 4 is 27.5 Å². The molecule has 0 radical (unpaired) electrons. The molecule has 26 heavy (non-hydrogen) atoms. The summed E-state index contributed by atoms with van der Waals surface area (Å²) in [6, 6.07) is 10.1. The summed E-state index contributed by atoms with van der Waals surface area (Å²) in [6.45, 7) is 2.93. The van der Waals surface area contributed by atoms with Crippen LogP contribution in [0, 0.1) is 0 Å². The average molecular weight is 369 g/mol. The Balaban J connectivity index is 1.25. The third-order valence-corrected chi connectivity index (χ3v) is 5.78. The van der Waals surface area contributed by atoms with Gasteiger partial charge < -0.3 is 10.6 Å². The van der Waals surface area contributed by atoms with E-state index in [1.54, 1.807) is 16.0 Å². The first-order valence-corrected chi connectivity index (χ1v) is 9.95. The lowest BCUT2D eigenvalue weighted by Gasteiger charge is -2.20. The van der Waals surface area contributed by atoms with Gasteiger partial charge in [-0.1, -0.05) is 12.1 Å². The number of amides is 1.